The number of hydrogen-bond acceptors (Lipinski definition) is 5. The molecule has 1 aromatic carbocycles. The Bertz CT molecular complexity index is 609. The first-order valence-electron chi connectivity index (χ1n) is 7.15. The molecule has 0 saturated heterocycles. The van der Waals surface area contributed by atoms with Crippen LogP contribution in [0.25, 0.3) is 0 Å². The normalized spacial score (nSPS) is 13.6. The van der Waals surface area contributed by atoms with E-state index in [1.54, 1.807) is 6.07 Å². The van der Waals surface area contributed by atoms with Crippen LogP contribution in [0.15, 0.2) is 6.07 Å². The molecule has 0 unspecified atom stereocenters. The number of nitrogens with zero attached hydrogens (tertiary/aromatic N) is 1. The number of hydrogen-bond donors (Lipinski definition) is 0. The largest absolute Gasteiger partial charge is 0.493 e. The molecule has 1 aliphatic heterocycles. The number of fused-ring (bicyclic) bond motifs is 1. The van der Waals surface area contributed by atoms with Gasteiger partial charge in [-0.3, -0.25) is 9.59 Å². The molecule has 0 bridgehead atoms. The maximum atomic E-state index is 12.3. The standard InChI is InChI=1S/C16H21NO5/c1-9(2)6-7-17-10-8-11(20-3)14(21-4)15(22-5)12(10)13(18)16(17)19/h8-9H,6-7H2,1-5H3. The molecule has 0 radical (unpaired) electrons. The summed E-state index contributed by atoms with van der Waals surface area (Å²) in [4.78, 5) is 26.1. The van der Waals surface area contributed by atoms with Crippen molar-refractivity contribution in [2.45, 2.75) is 20.3 Å². The molecule has 0 fully saturated rings. The molecule has 1 heterocycles. The third kappa shape index (κ3) is 2.49. The van der Waals surface area contributed by atoms with Gasteiger partial charge in [-0.1, -0.05) is 13.8 Å². The van der Waals surface area contributed by atoms with Gasteiger partial charge in [-0.05, 0) is 12.3 Å². The van der Waals surface area contributed by atoms with E-state index < -0.39 is 11.7 Å². The molecule has 0 aliphatic carbocycles. The van der Waals surface area contributed by atoms with Crippen LogP contribution in [0, 0.1) is 5.92 Å². The van der Waals surface area contributed by atoms with Crippen molar-refractivity contribution >= 4 is 17.4 Å². The molecule has 6 nitrogen and oxygen atoms in total. The van der Waals surface area contributed by atoms with Gasteiger partial charge in [0, 0.05) is 12.6 Å². The second-order valence-electron chi connectivity index (χ2n) is 5.51. The molecule has 1 aromatic rings. The van der Waals surface area contributed by atoms with Crippen molar-refractivity contribution in [2.24, 2.45) is 5.92 Å². The van der Waals surface area contributed by atoms with Crippen LogP contribution in [0.4, 0.5) is 5.69 Å². The minimum atomic E-state index is -0.573. The fraction of sp³-hybridized carbons (Fsp3) is 0.500. The van der Waals surface area contributed by atoms with Crippen LogP contribution in [0.2, 0.25) is 0 Å². The molecular formula is C16H21NO5. The van der Waals surface area contributed by atoms with E-state index in [0.717, 1.165) is 6.42 Å². The van der Waals surface area contributed by atoms with Crippen molar-refractivity contribution in [3.05, 3.63) is 11.6 Å². The molecule has 120 valence electrons. The van der Waals surface area contributed by atoms with Gasteiger partial charge in [0.05, 0.1) is 32.6 Å². The van der Waals surface area contributed by atoms with Gasteiger partial charge in [-0.2, -0.15) is 0 Å². The second-order valence-corrected chi connectivity index (χ2v) is 5.51. The van der Waals surface area contributed by atoms with Crippen molar-refractivity contribution in [2.75, 3.05) is 32.8 Å². The SMILES string of the molecule is COc1cc2c(c(OC)c1OC)C(=O)C(=O)N2CCC(C)C. The quantitative estimate of drug-likeness (QED) is 0.754. The Morgan fingerprint density at radius 3 is 2.18 bits per heavy atom. The molecule has 0 aromatic heterocycles. The average molecular weight is 307 g/mol. The summed E-state index contributed by atoms with van der Waals surface area (Å²) in [6.07, 6.45) is 0.801. The first-order chi connectivity index (χ1) is 10.5. The number of anilines is 1. The zero-order valence-corrected chi connectivity index (χ0v) is 13.6. The maximum Gasteiger partial charge on any atom is 0.299 e. The number of benzene rings is 1. The lowest BCUT2D eigenvalue weighted by molar-refractivity contribution is -0.114. The molecule has 22 heavy (non-hydrogen) atoms. The highest BCUT2D eigenvalue weighted by Gasteiger charge is 2.40. The minimum Gasteiger partial charge on any atom is -0.493 e. The van der Waals surface area contributed by atoms with E-state index in [1.165, 1.54) is 26.2 Å². The summed E-state index contributed by atoms with van der Waals surface area (Å²) in [6, 6.07) is 1.65. The summed E-state index contributed by atoms with van der Waals surface area (Å²) in [5.74, 6) is 0.294. The highest BCUT2D eigenvalue weighted by Crippen LogP contribution is 2.48. The number of ether oxygens (including phenoxy) is 3. The number of carbonyl (C=O) groups is 2. The molecule has 0 atom stereocenters. The van der Waals surface area contributed by atoms with Crippen LogP contribution in [0.1, 0.15) is 30.6 Å². The first-order valence-corrected chi connectivity index (χ1v) is 7.15. The van der Waals surface area contributed by atoms with E-state index in [4.69, 9.17) is 14.2 Å². The first kappa shape index (κ1) is 16.1. The molecule has 1 aliphatic rings. The van der Waals surface area contributed by atoms with Crippen molar-refractivity contribution in [1.29, 1.82) is 0 Å². The van der Waals surface area contributed by atoms with Crippen LogP contribution in [0.5, 0.6) is 17.2 Å². The highest BCUT2D eigenvalue weighted by atomic mass is 16.5. The maximum absolute atomic E-state index is 12.3. The Hall–Kier alpha value is -2.24. The fourth-order valence-corrected chi connectivity index (χ4v) is 2.52. The van der Waals surface area contributed by atoms with Crippen molar-refractivity contribution in [3.63, 3.8) is 0 Å². The summed E-state index contributed by atoms with van der Waals surface area (Å²) < 4.78 is 15.9. The van der Waals surface area contributed by atoms with Crippen LogP contribution < -0.4 is 19.1 Å². The zero-order valence-electron chi connectivity index (χ0n) is 13.6. The van der Waals surface area contributed by atoms with Crippen LogP contribution in [-0.4, -0.2) is 39.6 Å². The number of carbonyl (C=O) groups excluding carboxylic acids is 2. The minimum absolute atomic E-state index is 0.238. The zero-order chi connectivity index (χ0) is 16.4. The Morgan fingerprint density at radius 2 is 1.68 bits per heavy atom. The van der Waals surface area contributed by atoms with E-state index in [1.807, 2.05) is 0 Å². The topological polar surface area (TPSA) is 65.1 Å². The summed E-state index contributed by atoms with van der Waals surface area (Å²) in [5, 5.41) is 0. The molecule has 0 spiro atoms. The van der Waals surface area contributed by atoms with Crippen LogP contribution in [-0.2, 0) is 4.79 Å². The average Bonchev–Trinajstić information content (AvgIpc) is 2.74. The number of Topliss-reactive ketones (excluding diaryl/α,β-unsaturated/α-hetero) is 1. The fourth-order valence-electron chi connectivity index (χ4n) is 2.52. The number of methoxy groups -OCH3 is 3. The Morgan fingerprint density at radius 1 is 1.05 bits per heavy atom. The van der Waals surface area contributed by atoms with Crippen molar-refractivity contribution in [1.82, 2.24) is 0 Å². The molecule has 1 amide bonds. The Balaban J connectivity index is 2.58. The molecule has 6 heteroatoms. The van der Waals surface area contributed by atoms with Gasteiger partial charge in [0.25, 0.3) is 11.7 Å². The van der Waals surface area contributed by atoms with E-state index >= 15 is 0 Å². The summed E-state index contributed by atoms with van der Waals surface area (Å²) in [7, 11) is 4.40. The van der Waals surface area contributed by atoms with Gasteiger partial charge >= 0.3 is 0 Å². The van der Waals surface area contributed by atoms with Gasteiger partial charge < -0.3 is 19.1 Å². The van der Waals surface area contributed by atoms with E-state index in [-0.39, 0.29) is 11.3 Å². The van der Waals surface area contributed by atoms with Gasteiger partial charge in [0.2, 0.25) is 5.75 Å². The second kappa shape index (κ2) is 6.25. The smallest absolute Gasteiger partial charge is 0.299 e. The van der Waals surface area contributed by atoms with Gasteiger partial charge in [0.15, 0.2) is 11.5 Å². The predicted molar refractivity (Wildman–Crippen MR) is 82.2 cm³/mol. The summed E-state index contributed by atoms with van der Waals surface area (Å²) in [5.41, 5.74) is 0.763. The molecular weight excluding hydrogens is 286 g/mol. The van der Waals surface area contributed by atoms with E-state index in [0.29, 0.717) is 29.6 Å². The lowest BCUT2D eigenvalue weighted by Gasteiger charge is -2.20. The lowest BCUT2D eigenvalue weighted by atomic mass is 10.1. The number of rotatable bonds is 6. The third-order valence-corrected chi connectivity index (χ3v) is 3.70. The Kier molecular flexibility index (Phi) is 4.59. The number of amides is 1. The van der Waals surface area contributed by atoms with E-state index in [9.17, 15) is 9.59 Å². The van der Waals surface area contributed by atoms with Crippen molar-refractivity contribution in [3.8, 4) is 17.2 Å². The van der Waals surface area contributed by atoms with Crippen LogP contribution >= 0.6 is 0 Å². The summed E-state index contributed by atoms with van der Waals surface area (Å²) >= 11 is 0. The van der Waals surface area contributed by atoms with E-state index in [2.05, 4.69) is 13.8 Å². The summed E-state index contributed by atoms with van der Waals surface area (Å²) in [6.45, 7) is 4.62. The number of ketones is 1. The molecule has 0 saturated carbocycles. The molecule has 2 rings (SSSR count). The Labute approximate surface area is 129 Å². The monoisotopic (exact) mass is 307 g/mol. The van der Waals surface area contributed by atoms with Crippen LogP contribution in [0.3, 0.4) is 0 Å². The van der Waals surface area contributed by atoms with Crippen molar-refractivity contribution < 1.29 is 23.8 Å². The molecule has 0 N–H and O–H groups in total. The van der Waals surface area contributed by atoms with Gasteiger partial charge in [-0.15, -0.1) is 0 Å². The van der Waals surface area contributed by atoms with Gasteiger partial charge in [0.1, 0.15) is 0 Å². The highest BCUT2D eigenvalue weighted by molar-refractivity contribution is 6.53. The van der Waals surface area contributed by atoms with Gasteiger partial charge in [-0.25, -0.2) is 0 Å². The lowest BCUT2D eigenvalue weighted by Crippen LogP contribution is -2.31. The predicted octanol–water partition coefficient (Wildman–Crippen LogP) is 2.29. The third-order valence-electron chi connectivity index (χ3n) is 3.70.